The number of anilines is 1. The molecule has 3 aromatic carbocycles. The molecule has 2 amide bonds. The van der Waals surface area contributed by atoms with Gasteiger partial charge in [0.1, 0.15) is 18.3 Å². The molecule has 1 N–H and O–H groups in total. The van der Waals surface area contributed by atoms with Crippen molar-refractivity contribution in [1.29, 1.82) is 0 Å². The van der Waals surface area contributed by atoms with Gasteiger partial charge in [-0.2, -0.15) is 0 Å². The highest BCUT2D eigenvalue weighted by Crippen LogP contribution is 2.34. The number of hydrogen-bond donors (Lipinski definition) is 1. The fourth-order valence-electron chi connectivity index (χ4n) is 4.11. The molecule has 41 heavy (non-hydrogen) atoms. The second-order valence-electron chi connectivity index (χ2n) is 9.76. The van der Waals surface area contributed by atoms with Crippen molar-refractivity contribution in [2.24, 2.45) is 0 Å². The molecule has 0 radical (unpaired) electrons. The molecule has 11 heteroatoms. The normalized spacial score (nSPS) is 12.8. The Bertz CT molecular complexity index is 1480. The molecular formula is C30H35Cl2N3O5S. The maximum Gasteiger partial charge on any atom is 0.264 e. The number of rotatable bonds is 12. The molecule has 0 saturated carbocycles. The maximum absolute atomic E-state index is 14.1. The molecule has 0 aliphatic heterocycles. The Morgan fingerprint density at radius 1 is 0.976 bits per heavy atom. The standard InChI is InChI=1S/C30H35Cl2N3O5S/c1-6-21(3)33-30(37)22(4)34(18-23-13-14-25(31)26(32)17-23)29(36)19-35(27-16-20(2)12-15-28(27)40-5)41(38,39)24-10-8-7-9-11-24/h7-17,21-22H,6,18-19H2,1-5H3,(H,33,37)/t21-,22-/m0/s1. The van der Waals surface area contributed by atoms with E-state index in [1.54, 1.807) is 61.5 Å². The van der Waals surface area contributed by atoms with Gasteiger partial charge in [-0.1, -0.05) is 60.5 Å². The number of ether oxygens (including phenoxy) is 1. The van der Waals surface area contributed by atoms with Gasteiger partial charge in [0.05, 0.1) is 27.7 Å². The molecule has 0 spiro atoms. The molecule has 3 rings (SSSR count). The van der Waals surface area contributed by atoms with Gasteiger partial charge in [0.15, 0.2) is 0 Å². The van der Waals surface area contributed by atoms with Crippen molar-refractivity contribution in [2.75, 3.05) is 18.0 Å². The second-order valence-corrected chi connectivity index (χ2v) is 12.4. The molecule has 0 aromatic heterocycles. The van der Waals surface area contributed by atoms with Gasteiger partial charge >= 0.3 is 0 Å². The van der Waals surface area contributed by atoms with E-state index in [0.717, 1.165) is 9.87 Å². The highest BCUT2D eigenvalue weighted by atomic mass is 35.5. The van der Waals surface area contributed by atoms with E-state index in [-0.39, 0.29) is 34.8 Å². The number of halogens is 2. The Hall–Kier alpha value is -3.27. The zero-order valence-electron chi connectivity index (χ0n) is 23.7. The number of nitrogens with one attached hydrogen (secondary N) is 1. The summed E-state index contributed by atoms with van der Waals surface area (Å²) in [4.78, 5) is 28.6. The van der Waals surface area contributed by atoms with E-state index in [1.165, 1.54) is 24.1 Å². The molecule has 0 aliphatic rings. The summed E-state index contributed by atoms with van der Waals surface area (Å²) in [5.41, 5.74) is 1.60. The molecule has 0 fully saturated rings. The molecule has 2 atom stereocenters. The van der Waals surface area contributed by atoms with E-state index in [0.29, 0.717) is 22.0 Å². The average Bonchev–Trinajstić information content (AvgIpc) is 2.96. The second kappa shape index (κ2) is 14.1. The lowest BCUT2D eigenvalue weighted by molar-refractivity contribution is -0.139. The summed E-state index contributed by atoms with van der Waals surface area (Å²) in [5, 5.41) is 3.55. The number of hydrogen-bond acceptors (Lipinski definition) is 5. The predicted octanol–water partition coefficient (Wildman–Crippen LogP) is 5.84. The van der Waals surface area contributed by atoms with Crippen LogP contribution in [0.2, 0.25) is 10.0 Å². The minimum atomic E-state index is -4.22. The molecule has 8 nitrogen and oxygen atoms in total. The Labute approximate surface area is 252 Å². The van der Waals surface area contributed by atoms with Gasteiger partial charge in [0.25, 0.3) is 10.0 Å². The number of amides is 2. The van der Waals surface area contributed by atoms with Gasteiger partial charge in [-0.15, -0.1) is 0 Å². The molecule has 3 aromatic rings. The van der Waals surface area contributed by atoms with Gasteiger partial charge in [-0.25, -0.2) is 8.42 Å². The van der Waals surface area contributed by atoms with Crippen molar-refractivity contribution in [3.8, 4) is 5.75 Å². The number of benzene rings is 3. The largest absolute Gasteiger partial charge is 0.495 e. The summed E-state index contributed by atoms with van der Waals surface area (Å²) in [5.74, 6) is -0.675. The molecule has 0 aliphatic carbocycles. The molecule has 0 unspecified atom stereocenters. The van der Waals surface area contributed by atoms with Gasteiger partial charge in [0, 0.05) is 12.6 Å². The SMILES string of the molecule is CC[C@H](C)NC(=O)[C@H](C)N(Cc1ccc(Cl)c(Cl)c1)C(=O)CN(c1cc(C)ccc1OC)S(=O)(=O)c1ccccc1. The lowest BCUT2D eigenvalue weighted by Crippen LogP contribution is -2.52. The van der Waals surface area contributed by atoms with Crippen molar-refractivity contribution in [1.82, 2.24) is 10.2 Å². The fourth-order valence-corrected chi connectivity index (χ4v) is 5.87. The quantitative estimate of drug-likeness (QED) is 0.275. The molecule has 0 bridgehead atoms. The van der Waals surface area contributed by atoms with Gasteiger partial charge in [-0.05, 0) is 74.7 Å². The minimum Gasteiger partial charge on any atom is -0.495 e. The first kappa shape index (κ1) is 32.2. The predicted molar refractivity (Wildman–Crippen MR) is 163 cm³/mol. The zero-order chi connectivity index (χ0) is 30.3. The first-order valence-electron chi connectivity index (χ1n) is 13.1. The molecule has 220 valence electrons. The van der Waals surface area contributed by atoms with E-state index in [9.17, 15) is 18.0 Å². The Balaban J connectivity index is 2.10. The van der Waals surface area contributed by atoms with Crippen molar-refractivity contribution in [3.05, 3.63) is 87.9 Å². The smallest absolute Gasteiger partial charge is 0.264 e. The fraction of sp³-hybridized carbons (Fsp3) is 0.333. The van der Waals surface area contributed by atoms with E-state index in [2.05, 4.69) is 5.32 Å². The number of carbonyl (C=O) groups is 2. The van der Waals surface area contributed by atoms with Crippen molar-refractivity contribution in [3.63, 3.8) is 0 Å². The van der Waals surface area contributed by atoms with Crippen LogP contribution >= 0.6 is 23.2 Å². The van der Waals surface area contributed by atoms with Gasteiger partial charge in [-0.3, -0.25) is 13.9 Å². The van der Waals surface area contributed by atoms with Crippen LogP contribution in [0.25, 0.3) is 0 Å². The number of nitrogens with zero attached hydrogens (tertiary/aromatic N) is 2. The molecule has 0 heterocycles. The van der Waals surface area contributed by atoms with Crippen molar-refractivity contribution >= 4 is 50.7 Å². The number of methoxy groups -OCH3 is 1. The topological polar surface area (TPSA) is 96.0 Å². The summed E-state index contributed by atoms with van der Waals surface area (Å²) in [7, 11) is -2.79. The van der Waals surface area contributed by atoms with Crippen LogP contribution < -0.4 is 14.4 Å². The monoisotopic (exact) mass is 619 g/mol. The third-order valence-electron chi connectivity index (χ3n) is 6.72. The number of sulfonamides is 1. The third kappa shape index (κ3) is 7.93. The lowest BCUT2D eigenvalue weighted by atomic mass is 10.1. The summed E-state index contributed by atoms with van der Waals surface area (Å²) < 4.78 is 34.5. The Morgan fingerprint density at radius 2 is 1.66 bits per heavy atom. The van der Waals surface area contributed by atoms with Gasteiger partial charge < -0.3 is 15.0 Å². The van der Waals surface area contributed by atoms with Crippen LogP contribution in [0.3, 0.4) is 0 Å². The zero-order valence-corrected chi connectivity index (χ0v) is 26.1. The first-order chi connectivity index (χ1) is 19.4. The van der Waals surface area contributed by atoms with Crippen molar-refractivity contribution in [2.45, 2.75) is 57.6 Å². The van der Waals surface area contributed by atoms with Crippen LogP contribution in [-0.2, 0) is 26.2 Å². The summed E-state index contributed by atoms with van der Waals surface area (Å²) in [6.07, 6.45) is 0.704. The van der Waals surface area contributed by atoms with Crippen LogP contribution in [0.1, 0.15) is 38.3 Å². The minimum absolute atomic E-state index is 0.00497. The lowest BCUT2D eigenvalue weighted by Gasteiger charge is -2.33. The van der Waals surface area contributed by atoms with Crippen molar-refractivity contribution < 1.29 is 22.7 Å². The molecular weight excluding hydrogens is 585 g/mol. The van der Waals surface area contributed by atoms with Gasteiger partial charge in [0.2, 0.25) is 11.8 Å². The third-order valence-corrected chi connectivity index (χ3v) is 9.23. The van der Waals surface area contributed by atoms with E-state index in [1.807, 2.05) is 20.8 Å². The number of aryl methyl sites for hydroxylation is 1. The summed E-state index contributed by atoms with van der Waals surface area (Å²) in [6, 6.07) is 16.8. The highest BCUT2D eigenvalue weighted by molar-refractivity contribution is 7.92. The molecule has 0 saturated heterocycles. The van der Waals surface area contributed by atoms with Crippen LogP contribution in [0.15, 0.2) is 71.6 Å². The van der Waals surface area contributed by atoms with Crippen LogP contribution in [0.5, 0.6) is 5.75 Å². The highest BCUT2D eigenvalue weighted by Gasteiger charge is 2.34. The number of carbonyl (C=O) groups excluding carboxylic acids is 2. The first-order valence-corrected chi connectivity index (χ1v) is 15.3. The Morgan fingerprint density at radius 3 is 2.27 bits per heavy atom. The Kier molecular flexibility index (Phi) is 11.1. The van der Waals surface area contributed by atoms with E-state index >= 15 is 0 Å². The van der Waals surface area contributed by atoms with Crippen LogP contribution in [0, 0.1) is 6.92 Å². The average molecular weight is 621 g/mol. The van der Waals surface area contributed by atoms with E-state index < -0.39 is 28.5 Å². The van der Waals surface area contributed by atoms with Crippen LogP contribution in [-0.4, -0.2) is 50.9 Å². The van der Waals surface area contributed by atoms with Crippen LogP contribution in [0.4, 0.5) is 5.69 Å². The summed E-state index contributed by atoms with van der Waals surface area (Å²) >= 11 is 12.3. The summed E-state index contributed by atoms with van der Waals surface area (Å²) in [6.45, 7) is 6.64. The maximum atomic E-state index is 14.1. The van der Waals surface area contributed by atoms with E-state index in [4.69, 9.17) is 27.9 Å².